The van der Waals surface area contributed by atoms with E-state index in [1.807, 2.05) is 48.5 Å². The van der Waals surface area contributed by atoms with Crippen LogP contribution in [0.15, 0.2) is 72.1 Å². The molecular formula is C32H28N6O3S. The van der Waals surface area contributed by atoms with Crippen molar-refractivity contribution in [1.29, 1.82) is 0 Å². The molecule has 42 heavy (non-hydrogen) atoms. The van der Waals surface area contributed by atoms with E-state index in [2.05, 4.69) is 42.9 Å². The summed E-state index contributed by atoms with van der Waals surface area (Å²) in [4.78, 5) is 19.4. The number of rotatable bonds is 8. The number of ether oxygens (including phenoxy) is 2. The highest BCUT2D eigenvalue weighted by Crippen LogP contribution is 2.36. The number of amides is 1. The summed E-state index contributed by atoms with van der Waals surface area (Å²) in [5.41, 5.74) is 4.67. The maximum absolute atomic E-state index is 13.2. The van der Waals surface area contributed by atoms with Crippen LogP contribution in [0.5, 0.6) is 11.5 Å². The molecule has 2 heterocycles. The van der Waals surface area contributed by atoms with Crippen molar-refractivity contribution in [3.8, 4) is 34.7 Å². The van der Waals surface area contributed by atoms with Crippen LogP contribution < -0.4 is 14.8 Å². The van der Waals surface area contributed by atoms with Gasteiger partial charge in [0.2, 0.25) is 5.82 Å². The molecule has 0 bridgehead atoms. The number of carbonyl (C=O) groups excluding carboxylic acids is 1. The largest absolute Gasteiger partial charge is 0.497 e. The van der Waals surface area contributed by atoms with Crippen LogP contribution in [0.1, 0.15) is 57.4 Å². The van der Waals surface area contributed by atoms with E-state index in [-0.39, 0.29) is 5.91 Å². The number of nitrogens with one attached hydrogen (secondary N) is 1. The predicted molar refractivity (Wildman–Crippen MR) is 161 cm³/mol. The summed E-state index contributed by atoms with van der Waals surface area (Å²) in [7, 11) is 3.15. The van der Waals surface area contributed by atoms with Gasteiger partial charge >= 0.3 is 0 Å². The standard InChI is InChI=1S/C32H28N6O3S/c1-40-26-13-9-22(10-14-26)19-38-36-31(35-37-38)24-12-15-27(29(18-24)41-2)32(39)33-25-8-3-5-21(17-25)11-16-30-34-28(20-42-30)23-6-4-7-23/h3,5,8-10,12-15,17-18,20,23H,4,6-7,19H2,1-2H3,(H,33,39). The van der Waals surface area contributed by atoms with Gasteiger partial charge in [0.05, 0.1) is 32.0 Å². The van der Waals surface area contributed by atoms with Crippen LogP contribution in [0, 0.1) is 11.8 Å². The van der Waals surface area contributed by atoms with Crippen molar-refractivity contribution in [2.45, 2.75) is 31.7 Å². The van der Waals surface area contributed by atoms with Gasteiger partial charge in [0.25, 0.3) is 5.91 Å². The summed E-state index contributed by atoms with van der Waals surface area (Å²) in [5.74, 6) is 8.23. The van der Waals surface area contributed by atoms with E-state index >= 15 is 0 Å². The summed E-state index contributed by atoms with van der Waals surface area (Å²) >= 11 is 1.58. The van der Waals surface area contributed by atoms with Crippen molar-refractivity contribution in [3.05, 3.63) is 99.5 Å². The summed E-state index contributed by atoms with van der Waals surface area (Å²) < 4.78 is 10.8. The molecule has 1 amide bonds. The lowest BCUT2D eigenvalue weighted by Crippen LogP contribution is -2.13. The Balaban J connectivity index is 1.13. The molecule has 2 aromatic heterocycles. The molecule has 0 saturated heterocycles. The lowest BCUT2D eigenvalue weighted by atomic mass is 9.83. The molecule has 1 N–H and O–H groups in total. The van der Waals surface area contributed by atoms with Crippen molar-refractivity contribution in [1.82, 2.24) is 25.2 Å². The number of aromatic nitrogens is 5. The molecule has 0 atom stereocenters. The highest BCUT2D eigenvalue weighted by Gasteiger charge is 2.21. The topological polar surface area (TPSA) is 104 Å². The molecule has 0 radical (unpaired) electrons. The second kappa shape index (κ2) is 12.2. The van der Waals surface area contributed by atoms with Crippen LogP contribution in [0.4, 0.5) is 5.69 Å². The van der Waals surface area contributed by atoms with E-state index in [9.17, 15) is 4.79 Å². The Labute approximate surface area is 247 Å². The van der Waals surface area contributed by atoms with Crippen LogP contribution in [-0.4, -0.2) is 45.3 Å². The molecule has 0 unspecified atom stereocenters. The number of benzene rings is 3. The Hall–Kier alpha value is -5.01. The molecule has 210 valence electrons. The van der Waals surface area contributed by atoms with E-state index in [0.29, 0.717) is 40.9 Å². The average molecular weight is 577 g/mol. The molecule has 9 nitrogen and oxygen atoms in total. The first-order valence-electron chi connectivity index (χ1n) is 13.6. The van der Waals surface area contributed by atoms with Crippen LogP contribution in [0.3, 0.4) is 0 Å². The number of carbonyl (C=O) groups is 1. The Morgan fingerprint density at radius 1 is 1.05 bits per heavy atom. The predicted octanol–water partition coefficient (Wildman–Crippen LogP) is 5.78. The smallest absolute Gasteiger partial charge is 0.259 e. The van der Waals surface area contributed by atoms with Crippen LogP contribution in [0.25, 0.3) is 11.4 Å². The summed E-state index contributed by atoms with van der Waals surface area (Å²) in [6, 6.07) is 20.3. The Morgan fingerprint density at radius 2 is 1.90 bits per heavy atom. The van der Waals surface area contributed by atoms with Crippen molar-refractivity contribution < 1.29 is 14.3 Å². The fourth-order valence-electron chi connectivity index (χ4n) is 4.57. The second-order valence-electron chi connectivity index (χ2n) is 9.90. The van der Waals surface area contributed by atoms with E-state index in [1.54, 1.807) is 36.6 Å². The second-order valence-corrected chi connectivity index (χ2v) is 10.8. The van der Waals surface area contributed by atoms with E-state index in [4.69, 9.17) is 9.47 Å². The lowest BCUT2D eigenvalue weighted by Gasteiger charge is -2.22. The fraction of sp³-hybridized carbons (Fsp3) is 0.219. The Morgan fingerprint density at radius 3 is 2.67 bits per heavy atom. The molecule has 3 aromatic carbocycles. The molecule has 1 saturated carbocycles. The quantitative estimate of drug-likeness (QED) is 0.234. The van der Waals surface area contributed by atoms with Crippen LogP contribution in [-0.2, 0) is 6.54 Å². The number of methoxy groups -OCH3 is 2. The van der Waals surface area contributed by atoms with Crippen molar-refractivity contribution in [2.75, 3.05) is 19.5 Å². The van der Waals surface area contributed by atoms with Crippen LogP contribution in [0.2, 0.25) is 0 Å². The molecule has 6 rings (SSSR count). The maximum Gasteiger partial charge on any atom is 0.259 e. The third kappa shape index (κ3) is 6.16. The normalized spacial score (nSPS) is 12.6. The minimum absolute atomic E-state index is 0.301. The zero-order valence-corrected chi connectivity index (χ0v) is 24.0. The lowest BCUT2D eigenvalue weighted by molar-refractivity contribution is 0.102. The molecule has 5 aromatic rings. The molecule has 1 aliphatic carbocycles. The number of anilines is 1. The maximum atomic E-state index is 13.2. The first-order valence-corrected chi connectivity index (χ1v) is 14.4. The van der Waals surface area contributed by atoms with E-state index in [1.165, 1.54) is 31.2 Å². The fourth-order valence-corrected chi connectivity index (χ4v) is 5.32. The van der Waals surface area contributed by atoms with Gasteiger partial charge in [-0.1, -0.05) is 30.5 Å². The average Bonchev–Trinajstić information content (AvgIpc) is 3.65. The minimum Gasteiger partial charge on any atom is -0.497 e. The monoisotopic (exact) mass is 576 g/mol. The number of nitrogens with zero attached hydrogens (tertiary/aromatic N) is 5. The molecule has 1 aliphatic rings. The molecule has 10 heteroatoms. The van der Waals surface area contributed by atoms with Crippen molar-refractivity contribution >= 4 is 22.9 Å². The van der Waals surface area contributed by atoms with Gasteiger partial charge in [-0.25, -0.2) is 4.98 Å². The third-order valence-corrected chi connectivity index (χ3v) is 7.90. The van der Waals surface area contributed by atoms with Crippen molar-refractivity contribution in [3.63, 3.8) is 0 Å². The van der Waals surface area contributed by atoms with E-state index in [0.717, 1.165) is 27.6 Å². The van der Waals surface area contributed by atoms with Gasteiger partial charge in [0.15, 0.2) is 5.01 Å². The van der Waals surface area contributed by atoms with Gasteiger partial charge < -0.3 is 14.8 Å². The van der Waals surface area contributed by atoms with Gasteiger partial charge in [-0.05, 0) is 78.1 Å². The van der Waals surface area contributed by atoms with Gasteiger partial charge in [-0.15, -0.1) is 21.5 Å². The number of thiazole rings is 1. The summed E-state index contributed by atoms with van der Waals surface area (Å²) in [5, 5.41) is 18.7. The summed E-state index contributed by atoms with van der Waals surface area (Å²) in [6.45, 7) is 0.462. The highest BCUT2D eigenvalue weighted by atomic mass is 32.1. The van der Waals surface area contributed by atoms with Gasteiger partial charge in [0.1, 0.15) is 11.5 Å². The molecule has 0 spiro atoms. The third-order valence-electron chi connectivity index (χ3n) is 7.12. The SMILES string of the molecule is COc1ccc(Cn2nnc(-c3ccc(C(=O)Nc4cccc(C#Cc5nc(C6CCC6)cs5)c4)c(OC)c3)n2)cc1. The van der Waals surface area contributed by atoms with Gasteiger partial charge in [-0.3, -0.25) is 4.79 Å². The summed E-state index contributed by atoms with van der Waals surface area (Å²) in [6.07, 6.45) is 3.72. The zero-order valence-electron chi connectivity index (χ0n) is 23.2. The first kappa shape index (κ1) is 27.2. The molecule has 0 aliphatic heterocycles. The van der Waals surface area contributed by atoms with E-state index < -0.39 is 0 Å². The van der Waals surface area contributed by atoms with Gasteiger partial charge in [0, 0.05) is 28.1 Å². The van der Waals surface area contributed by atoms with Crippen LogP contribution >= 0.6 is 11.3 Å². The highest BCUT2D eigenvalue weighted by molar-refractivity contribution is 7.10. The Kier molecular flexibility index (Phi) is 7.92. The number of hydrogen-bond acceptors (Lipinski definition) is 8. The molecular weight excluding hydrogens is 548 g/mol. The zero-order chi connectivity index (χ0) is 28.9. The number of hydrogen-bond donors (Lipinski definition) is 1. The van der Waals surface area contributed by atoms with Crippen molar-refractivity contribution in [2.24, 2.45) is 0 Å². The first-order chi connectivity index (χ1) is 20.6. The number of tetrazole rings is 1. The van der Waals surface area contributed by atoms with Gasteiger partial charge in [-0.2, -0.15) is 4.80 Å². The minimum atomic E-state index is -0.301. The molecule has 1 fully saturated rings. The Bertz CT molecular complexity index is 1780.